The lowest BCUT2D eigenvalue weighted by molar-refractivity contribution is 0.315. The van der Waals surface area contributed by atoms with Crippen molar-refractivity contribution < 1.29 is 0 Å². The van der Waals surface area contributed by atoms with Gasteiger partial charge in [0.25, 0.3) is 5.56 Å². The van der Waals surface area contributed by atoms with E-state index in [9.17, 15) is 4.79 Å². The van der Waals surface area contributed by atoms with E-state index in [0.717, 1.165) is 22.3 Å². The van der Waals surface area contributed by atoms with E-state index in [4.69, 9.17) is 0 Å². The molecule has 0 spiro atoms. The third-order valence-electron chi connectivity index (χ3n) is 3.66. The molecule has 2 aromatic heterocycles. The summed E-state index contributed by atoms with van der Waals surface area (Å²) >= 11 is 3.44. The normalized spacial score (nSPS) is 11.3. The summed E-state index contributed by atoms with van der Waals surface area (Å²) in [6.07, 6.45) is 1.82. The van der Waals surface area contributed by atoms with E-state index >= 15 is 0 Å². The number of hydrogen-bond donors (Lipinski definition) is 0. The van der Waals surface area contributed by atoms with Crippen LogP contribution in [0, 0.1) is 6.92 Å². The Kier molecular flexibility index (Phi) is 4.59. The van der Waals surface area contributed by atoms with Gasteiger partial charge in [0.15, 0.2) is 0 Å². The van der Waals surface area contributed by atoms with Crippen molar-refractivity contribution in [3.05, 3.63) is 80.3 Å². The van der Waals surface area contributed by atoms with Crippen molar-refractivity contribution in [2.24, 2.45) is 0 Å². The Bertz CT molecular complexity index is 887. The Labute approximate surface area is 143 Å². The molecule has 0 radical (unpaired) electrons. The highest BCUT2D eigenvalue weighted by atomic mass is 79.9. The molecule has 0 saturated carbocycles. The Hall–Kier alpha value is -1.98. The van der Waals surface area contributed by atoms with E-state index in [1.54, 1.807) is 10.5 Å². The molecule has 2 heterocycles. The van der Waals surface area contributed by atoms with Crippen molar-refractivity contribution in [2.75, 3.05) is 7.05 Å². The van der Waals surface area contributed by atoms with Crippen molar-refractivity contribution in [3.63, 3.8) is 0 Å². The molecular formula is C18H18BrN3O. The Morgan fingerprint density at radius 2 is 1.87 bits per heavy atom. The minimum Gasteiger partial charge on any atom is -0.296 e. The van der Waals surface area contributed by atoms with Gasteiger partial charge in [0.1, 0.15) is 5.65 Å². The molecule has 1 aromatic carbocycles. The second-order valence-electron chi connectivity index (χ2n) is 5.82. The average Bonchev–Trinajstić information content (AvgIpc) is 2.50. The Balaban J connectivity index is 1.79. The first-order valence-corrected chi connectivity index (χ1v) is 8.22. The van der Waals surface area contributed by atoms with Gasteiger partial charge in [-0.1, -0.05) is 34.1 Å². The van der Waals surface area contributed by atoms with E-state index in [0.29, 0.717) is 12.2 Å². The largest absolute Gasteiger partial charge is 0.296 e. The molecule has 0 bridgehead atoms. The van der Waals surface area contributed by atoms with Crippen LogP contribution in [0.15, 0.2) is 57.9 Å². The van der Waals surface area contributed by atoms with Gasteiger partial charge in [0.2, 0.25) is 0 Å². The fourth-order valence-electron chi connectivity index (χ4n) is 2.57. The topological polar surface area (TPSA) is 37.6 Å². The van der Waals surface area contributed by atoms with Crippen molar-refractivity contribution in [2.45, 2.75) is 20.0 Å². The van der Waals surface area contributed by atoms with Crippen LogP contribution in [0.1, 0.15) is 16.8 Å². The average molecular weight is 372 g/mol. The van der Waals surface area contributed by atoms with Gasteiger partial charge in [-0.2, -0.15) is 0 Å². The maximum absolute atomic E-state index is 12.2. The van der Waals surface area contributed by atoms with E-state index in [-0.39, 0.29) is 5.56 Å². The SMILES string of the molecule is Cc1ccc2nc(CN(C)Cc3ccc(Br)cc3)cc(=O)n2c1. The summed E-state index contributed by atoms with van der Waals surface area (Å²) in [7, 11) is 2.03. The van der Waals surface area contributed by atoms with Crippen LogP contribution < -0.4 is 5.56 Å². The highest BCUT2D eigenvalue weighted by Crippen LogP contribution is 2.12. The van der Waals surface area contributed by atoms with Crippen LogP contribution in [0.4, 0.5) is 0 Å². The molecular weight excluding hydrogens is 354 g/mol. The number of fused-ring (bicyclic) bond motifs is 1. The van der Waals surface area contributed by atoms with Gasteiger partial charge in [-0.15, -0.1) is 0 Å². The minimum absolute atomic E-state index is 0.0364. The van der Waals surface area contributed by atoms with Gasteiger partial charge < -0.3 is 0 Å². The van der Waals surface area contributed by atoms with Gasteiger partial charge in [0, 0.05) is 29.8 Å². The summed E-state index contributed by atoms with van der Waals surface area (Å²) < 4.78 is 2.66. The number of nitrogens with zero attached hydrogens (tertiary/aromatic N) is 3. The maximum Gasteiger partial charge on any atom is 0.258 e. The molecule has 0 N–H and O–H groups in total. The zero-order valence-electron chi connectivity index (χ0n) is 13.2. The second kappa shape index (κ2) is 6.64. The molecule has 3 rings (SSSR count). The van der Waals surface area contributed by atoms with Gasteiger partial charge >= 0.3 is 0 Å². The van der Waals surface area contributed by atoms with Gasteiger partial charge in [-0.05, 0) is 43.3 Å². The zero-order valence-corrected chi connectivity index (χ0v) is 14.7. The van der Waals surface area contributed by atoms with Gasteiger partial charge in [-0.25, -0.2) is 4.98 Å². The highest BCUT2D eigenvalue weighted by molar-refractivity contribution is 9.10. The Morgan fingerprint density at radius 3 is 2.61 bits per heavy atom. The zero-order chi connectivity index (χ0) is 16.4. The summed E-state index contributed by atoms with van der Waals surface area (Å²) in [5.41, 5.74) is 3.71. The molecule has 0 aliphatic rings. The lowest BCUT2D eigenvalue weighted by Crippen LogP contribution is -2.21. The maximum atomic E-state index is 12.2. The summed E-state index contributed by atoms with van der Waals surface area (Å²) in [5.74, 6) is 0. The molecule has 5 heteroatoms. The summed E-state index contributed by atoms with van der Waals surface area (Å²) in [6, 6.07) is 13.7. The predicted octanol–water partition coefficient (Wildman–Crippen LogP) is 3.40. The number of halogens is 1. The van der Waals surface area contributed by atoms with Crippen molar-refractivity contribution in [3.8, 4) is 0 Å². The van der Waals surface area contributed by atoms with Crippen molar-refractivity contribution in [1.29, 1.82) is 0 Å². The smallest absolute Gasteiger partial charge is 0.258 e. The van der Waals surface area contributed by atoms with Crippen LogP contribution in [0.2, 0.25) is 0 Å². The van der Waals surface area contributed by atoms with Crippen LogP contribution in [-0.2, 0) is 13.1 Å². The van der Waals surface area contributed by atoms with Crippen molar-refractivity contribution in [1.82, 2.24) is 14.3 Å². The first-order valence-electron chi connectivity index (χ1n) is 7.43. The molecule has 3 aromatic rings. The minimum atomic E-state index is -0.0364. The molecule has 0 unspecified atom stereocenters. The molecule has 0 fully saturated rings. The number of hydrogen-bond acceptors (Lipinski definition) is 3. The molecule has 0 aliphatic heterocycles. The van der Waals surface area contributed by atoms with E-state index in [1.165, 1.54) is 5.56 Å². The fourth-order valence-corrected chi connectivity index (χ4v) is 2.84. The number of aryl methyl sites for hydroxylation is 1. The monoisotopic (exact) mass is 371 g/mol. The molecule has 0 aliphatic carbocycles. The van der Waals surface area contributed by atoms with Crippen LogP contribution in [0.3, 0.4) is 0 Å². The molecule has 0 saturated heterocycles. The summed E-state index contributed by atoms with van der Waals surface area (Å²) in [4.78, 5) is 19.0. The van der Waals surface area contributed by atoms with Gasteiger partial charge in [-0.3, -0.25) is 14.1 Å². The van der Waals surface area contributed by atoms with Crippen molar-refractivity contribution >= 4 is 21.6 Å². The molecule has 23 heavy (non-hydrogen) atoms. The number of pyridine rings is 1. The first kappa shape index (κ1) is 15.9. The lowest BCUT2D eigenvalue weighted by Gasteiger charge is -2.16. The molecule has 0 atom stereocenters. The molecule has 0 amide bonds. The predicted molar refractivity (Wildman–Crippen MR) is 95.5 cm³/mol. The lowest BCUT2D eigenvalue weighted by atomic mass is 10.2. The molecule has 118 valence electrons. The fraction of sp³-hybridized carbons (Fsp3) is 0.222. The summed E-state index contributed by atoms with van der Waals surface area (Å²) in [5, 5.41) is 0. The van der Waals surface area contributed by atoms with Crippen LogP contribution in [0.25, 0.3) is 5.65 Å². The van der Waals surface area contributed by atoms with Crippen LogP contribution in [0.5, 0.6) is 0 Å². The Morgan fingerprint density at radius 1 is 1.13 bits per heavy atom. The summed E-state index contributed by atoms with van der Waals surface area (Å²) in [6.45, 7) is 3.41. The number of benzene rings is 1. The first-order chi connectivity index (χ1) is 11.0. The van der Waals surface area contributed by atoms with Crippen LogP contribution >= 0.6 is 15.9 Å². The number of rotatable bonds is 4. The standard InChI is InChI=1S/C18H18BrN3O/c1-13-3-8-17-20-16(9-18(23)22(17)10-13)12-21(2)11-14-4-6-15(19)7-5-14/h3-10H,11-12H2,1-2H3. The third-order valence-corrected chi connectivity index (χ3v) is 4.19. The highest BCUT2D eigenvalue weighted by Gasteiger charge is 2.06. The van der Waals surface area contributed by atoms with E-state index in [2.05, 4.69) is 37.9 Å². The number of aromatic nitrogens is 2. The van der Waals surface area contributed by atoms with Crippen LogP contribution in [-0.4, -0.2) is 21.3 Å². The van der Waals surface area contributed by atoms with E-state index in [1.807, 2.05) is 44.4 Å². The third kappa shape index (κ3) is 3.86. The molecule has 4 nitrogen and oxygen atoms in total. The second-order valence-corrected chi connectivity index (χ2v) is 6.73. The van der Waals surface area contributed by atoms with Gasteiger partial charge in [0.05, 0.1) is 5.69 Å². The quantitative estimate of drug-likeness (QED) is 0.705. The van der Waals surface area contributed by atoms with E-state index < -0.39 is 0 Å².